The Morgan fingerprint density at radius 1 is 1.37 bits per heavy atom. The summed E-state index contributed by atoms with van der Waals surface area (Å²) in [6, 6.07) is 4.24. The number of fused-ring (bicyclic) bond motifs is 1. The van der Waals surface area contributed by atoms with Crippen molar-refractivity contribution in [3.8, 4) is 0 Å². The van der Waals surface area contributed by atoms with Crippen molar-refractivity contribution in [3.63, 3.8) is 0 Å². The van der Waals surface area contributed by atoms with Crippen LogP contribution in [0.1, 0.15) is 29.1 Å². The van der Waals surface area contributed by atoms with Gasteiger partial charge in [-0.15, -0.1) is 0 Å². The highest BCUT2D eigenvalue weighted by Crippen LogP contribution is 2.20. The Bertz CT molecular complexity index is 696. The summed E-state index contributed by atoms with van der Waals surface area (Å²) in [5.41, 5.74) is 2.38. The molecule has 5 heteroatoms. The van der Waals surface area contributed by atoms with Crippen molar-refractivity contribution in [1.29, 1.82) is 0 Å². The number of hydrogen-bond acceptors (Lipinski definition) is 2. The average molecular weight is 279 g/mol. The van der Waals surface area contributed by atoms with Gasteiger partial charge in [-0.25, -0.2) is 9.37 Å². The first kappa shape index (κ1) is 12.4. The topological polar surface area (TPSA) is 45.8 Å². The Hall–Kier alpha value is -1.68. The molecular formula is C14H12ClFN2O. The molecule has 0 fully saturated rings. The van der Waals surface area contributed by atoms with Crippen LogP contribution in [0.5, 0.6) is 0 Å². The lowest BCUT2D eigenvalue weighted by atomic mass is 10.1. The molecule has 3 nitrogen and oxygen atoms in total. The lowest BCUT2D eigenvalue weighted by molar-refractivity contribution is 0.627. The molecule has 0 amide bonds. The minimum Gasteiger partial charge on any atom is -0.310 e. The first-order valence-corrected chi connectivity index (χ1v) is 6.56. The van der Waals surface area contributed by atoms with Crippen LogP contribution >= 0.6 is 11.6 Å². The summed E-state index contributed by atoms with van der Waals surface area (Å²) in [7, 11) is 0. The molecule has 0 unspecified atom stereocenters. The highest BCUT2D eigenvalue weighted by Gasteiger charge is 2.17. The minimum absolute atomic E-state index is 0.0595. The van der Waals surface area contributed by atoms with E-state index in [0.717, 1.165) is 36.1 Å². The molecule has 19 heavy (non-hydrogen) atoms. The van der Waals surface area contributed by atoms with Gasteiger partial charge in [-0.1, -0.05) is 17.7 Å². The molecule has 1 aromatic carbocycles. The van der Waals surface area contributed by atoms with Gasteiger partial charge in [-0.05, 0) is 37.0 Å². The number of halogens is 2. The quantitative estimate of drug-likeness (QED) is 0.918. The zero-order chi connectivity index (χ0) is 13.4. The van der Waals surface area contributed by atoms with Gasteiger partial charge in [0.25, 0.3) is 5.56 Å². The van der Waals surface area contributed by atoms with Crippen molar-refractivity contribution in [3.05, 3.63) is 62.0 Å². The fourth-order valence-electron chi connectivity index (χ4n) is 2.42. The smallest absolute Gasteiger partial charge is 0.254 e. The van der Waals surface area contributed by atoms with E-state index in [1.165, 1.54) is 12.1 Å². The lowest BCUT2D eigenvalue weighted by Gasteiger charge is -2.06. The Balaban J connectivity index is 1.96. The number of aryl methyl sites for hydroxylation is 1. The van der Waals surface area contributed by atoms with E-state index in [1.54, 1.807) is 6.07 Å². The van der Waals surface area contributed by atoms with E-state index in [-0.39, 0.29) is 11.4 Å². The second-order valence-corrected chi connectivity index (χ2v) is 5.11. The minimum atomic E-state index is -0.371. The number of rotatable bonds is 2. The molecule has 1 aliphatic rings. The predicted molar refractivity (Wildman–Crippen MR) is 71.1 cm³/mol. The molecule has 1 aliphatic carbocycles. The molecular weight excluding hydrogens is 267 g/mol. The second kappa shape index (κ2) is 4.78. The van der Waals surface area contributed by atoms with Crippen LogP contribution in [0.25, 0.3) is 0 Å². The molecule has 0 saturated carbocycles. The summed E-state index contributed by atoms with van der Waals surface area (Å²) in [5, 5.41) is 0.350. The predicted octanol–water partition coefficient (Wildman–Crippen LogP) is 2.64. The van der Waals surface area contributed by atoms with Gasteiger partial charge in [-0.2, -0.15) is 0 Å². The van der Waals surface area contributed by atoms with Crippen molar-refractivity contribution in [2.75, 3.05) is 0 Å². The molecule has 0 aliphatic heterocycles. The number of nitrogens with one attached hydrogen (secondary N) is 1. The molecule has 1 aromatic heterocycles. The SMILES string of the molecule is O=c1[nH]c(Cc2ccc(F)cc2Cl)nc2c1CCC2. The first-order valence-electron chi connectivity index (χ1n) is 6.18. The largest absolute Gasteiger partial charge is 0.310 e. The van der Waals surface area contributed by atoms with Crippen LogP contribution in [-0.4, -0.2) is 9.97 Å². The third-order valence-electron chi connectivity index (χ3n) is 3.36. The maximum Gasteiger partial charge on any atom is 0.254 e. The van der Waals surface area contributed by atoms with E-state index >= 15 is 0 Å². The summed E-state index contributed by atoms with van der Waals surface area (Å²) in [6.07, 6.45) is 3.03. The van der Waals surface area contributed by atoms with Crippen LogP contribution < -0.4 is 5.56 Å². The van der Waals surface area contributed by atoms with Crippen molar-refractivity contribution in [2.24, 2.45) is 0 Å². The van der Waals surface area contributed by atoms with Gasteiger partial charge in [0.2, 0.25) is 0 Å². The number of H-pyrrole nitrogens is 1. The van der Waals surface area contributed by atoms with Gasteiger partial charge in [-0.3, -0.25) is 4.79 Å². The Labute approximate surface area is 114 Å². The third kappa shape index (κ3) is 2.40. The lowest BCUT2D eigenvalue weighted by Crippen LogP contribution is -2.17. The summed E-state index contributed by atoms with van der Waals surface area (Å²) in [4.78, 5) is 19.1. The van der Waals surface area contributed by atoms with E-state index in [2.05, 4.69) is 9.97 Å². The van der Waals surface area contributed by atoms with Crippen LogP contribution in [-0.2, 0) is 19.3 Å². The van der Waals surface area contributed by atoms with Gasteiger partial charge in [0.1, 0.15) is 11.6 Å². The van der Waals surface area contributed by atoms with Crippen molar-refractivity contribution in [2.45, 2.75) is 25.7 Å². The maximum absolute atomic E-state index is 13.0. The van der Waals surface area contributed by atoms with E-state index < -0.39 is 0 Å². The molecule has 0 bridgehead atoms. The summed E-state index contributed by atoms with van der Waals surface area (Å²) in [6.45, 7) is 0. The first-order chi connectivity index (χ1) is 9.13. The van der Waals surface area contributed by atoms with E-state index in [1.807, 2.05) is 0 Å². The normalized spacial score (nSPS) is 13.6. The summed E-state index contributed by atoms with van der Waals surface area (Å²) in [5.74, 6) is 0.211. The standard InChI is InChI=1S/C14H12ClFN2O/c15-11-7-9(16)5-4-8(11)6-13-17-12-3-1-2-10(12)14(19)18-13/h4-5,7H,1-3,6H2,(H,17,18,19). The van der Waals surface area contributed by atoms with Crippen molar-refractivity contribution < 1.29 is 4.39 Å². The van der Waals surface area contributed by atoms with Crippen LogP contribution in [0.4, 0.5) is 4.39 Å². The monoisotopic (exact) mass is 278 g/mol. The zero-order valence-corrected chi connectivity index (χ0v) is 10.9. The van der Waals surface area contributed by atoms with Crippen LogP contribution in [0.2, 0.25) is 5.02 Å². The van der Waals surface area contributed by atoms with Crippen molar-refractivity contribution >= 4 is 11.6 Å². The number of aromatic nitrogens is 2. The van der Waals surface area contributed by atoms with Gasteiger partial charge in [0.15, 0.2) is 0 Å². The van der Waals surface area contributed by atoms with E-state index in [0.29, 0.717) is 17.3 Å². The summed E-state index contributed by atoms with van der Waals surface area (Å²) < 4.78 is 13.0. The summed E-state index contributed by atoms with van der Waals surface area (Å²) >= 11 is 5.98. The molecule has 1 heterocycles. The van der Waals surface area contributed by atoms with Gasteiger partial charge >= 0.3 is 0 Å². The molecule has 1 N–H and O–H groups in total. The number of aromatic amines is 1. The Kier molecular flexibility index (Phi) is 3.11. The number of nitrogens with zero attached hydrogens (tertiary/aromatic N) is 1. The maximum atomic E-state index is 13.0. The third-order valence-corrected chi connectivity index (χ3v) is 3.72. The molecule has 0 saturated heterocycles. The highest BCUT2D eigenvalue weighted by molar-refractivity contribution is 6.31. The average Bonchev–Trinajstić information content (AvgIpc) is 2.81. The molecule has 0 radical (unpaired) electrons. The zero-order valence-electron chi connectivity index (χ0n) is 10.2. The van der Waals surface area contributed by atoms with Gasteiger partial charge < -0.3 is 4.98 Å². The number of hydrogen-bond donors (Lipinski definition) is 1. The second-order valence-electron chi connectivity index (χ2n) is 4.70. The molecule has 0 spiro atoms. The van der Waals surface area contributed by atoms with Crippen LogP contribution in [0.3, 0.4) is 0 Å². The van der Waals surface area contributed by atoms with Crippen LogP contribution in [0.15, 0.2) is 23.0 Å². The fraction of sp³-hybridized carbons (Fsp3) is 0.286. The molecule has 2 aromatic rings. The van der Waals surface area contributed by atoms with E-state index in [9.17, 15) is 9.18 Å². The van der Waals surface area contributed by atoms with Gasteiger partial charge in [0, 0.05) is 17.0 Å². The molecule has 98 valence electrons. The molecule has 0 atom stereocenters. The molecule has 3 rings (SSSR count). The Morgan fingerprint density at radius 2 is 2.21 bits per heavy atom. The van der Waals surface area contributed by atoms with Crippen molar-refractivity contribution in [1.82, 2.24) is 9.97 Å². The Morgan fingerprint density at radius 3 is 3.00 bits per heavy atom. The number of benzene rings is 1. The fourth-order valence-corrected chi connectivity index (χ4v) is 2.66. The highest BCUT2D eigenvalue weighted by atomic mass is 35.5. The van der Waals surface area contributed by atoms with Gasteiger partial charge in [0.05, 0.1) is 5.69 Å². The van der Waals surface area contributed by atoms with E-state index in [4.69, 9.17) is 11.6 Å². The van der Waals surface area contributed by atoms with Crippen LogP contribution in [0, 0.1) is 5.82 Å².